The van der Waals surface area contributed by atoms with Gasteiger partial charge in [0, 0.05) is 0 Å². The Morgan fingerprint density at radius 1 is 1.00 bits per heavy atom. The fourth-order valence-electron chi connectivity index (χ4n) is 2.33. The van der Waals surface area contributed by atoms with Crippen LogP contribution < -0.4 is 0 Å². The van der Waals surface area contributed by atoms with E-state index in [9.17, 15) is 15.3 Å². The second-order valence-corrected chi connectivity index (χ2v) is 6.36. The molecule has 0 spiro atoms. The van der Waals surface area contributed by atoms with Gasteiger partial charge in [-0.05, 0) is 24.2 Å². The van der Waals surface area contributed by atoms with Gasteiger partial charge in [0.25, 0.3) is 0 Å². The Kier molecular flexibility index (Phi) is 6.47. The lowest BCUT2D eigenvalue weighted by Crippen LogP contribution is -2.57. The minimum Gasteiger partial charge on any atom is -0.394 e. The van der Waals surface area contributed by atoms with Gasteiger partial charge in [0.15, 0.2) is 0 Å². The first-order valence-corrected chi connectivity index (χ1v) is 8.14. The van der Waals surface area contributed by atoms with E-state index >= 15 is 0 Å². The van der Waals surface area contributed by atoms with Crippen molar-refractivity contribution >= 4 is 11.8 Å². The molecule has 0 saturated carbocycles. The molecule has 1 fully saturated rings. The smallest absolute Gasteiger partial charge is 0.132 e. The summed E-state index contributed by atoms with van der Waals surface area (Å²) in [5.74, 6) is 0.761. The third-order valence-electron chi connectivity index (χ3n) is 3.58. The average molecular weight is 314 g/mol. The molecule has 5 nitrogen and oxygen atoms in total. The summed E-state index contributed by atoms with van der Waals surface area (Å²) in [6, 6.07) is 10.1. The van der Waals surface area contributed by atoms with Gasteiger partial charge in [-0.3, -0.25) is 0 Å². The average Bonchev–Trinajstić information content (AvgIpc) is 2.52. The molecule has 1 aromatic carbocycles. The third-order valence-corrected chi connectivity index (χ3v) is 4.83. The van der Waals surface area contributed by atoms with Crippen molar-refractivity contribution in [3.8, 4) is 0 Å². The van der Waals surface area contributed by atoms with E-state index in [1.165, 1.54) is 17.3 Å². The van der Waals surface area contributed by atoms with Gasteiger partial charge in [-0.1, -0.05) is 30.3 Å². The molecular weight excluding hydrogens is 292 g/mol. The van der Waals surface area contributed by atoms with Crippen LogP contribution in [0, 0.1) is 0 Å². The van der Waals surface area contributed by atoms with Gasteiger partial charge < -0.3 is 25.2 Å². The fraction of sp³-hybridized carbons (Fsp3) is 0.600. The molecule has 0 aliphatic carbocycles. The largest absolute Gasteiger partial charge is 0.394 e. The van der Waals surface area contributed by atoms with Gasteiger partial charge in [-0.25, -0.2) is 0 Å². The summed E-state index contributed by atoms with van der Waals surface area (Å²) in [5, 5.41) is 38.4. The van der Waals surface area contributed by atoms with Crippen LogP contribution in [0.1, 0.15) is 12.0 Å². The summed E-state index contributed by atoms with van der Waals surface area (Å²) in [4.78, 5) is 0. The van der Waals surface area contributed by atoms with Crippen molar-refractivity contribution in [3.05, 3.63) is 35.9 Å². The van der Waals surface area contributed by atoms with Crippen molar-refractivity contribution in [2.45, 2.75) is 42.7 Å². The molecule has 4 N–H and O–H groups in total. The second-order valence-electron chi connectivity index (χ2n) is 5.16. The van der Waals surface area contributed by atoms with Crippen LogP contribution in [0.3, 0.4) is 0 Å². The lowest BCUT2D eigenvalue weighted by molar-refractivity contribution is -0.205. The number of aliphatic hydroxyl groups excluding tert-OH is 4. The highest BCUT2D eigenvalue weighted by Crippen LogP contribution is 2.29. The van der Waals surface area contributed by atoms with E-state index in [0.29, 0.717) is 0 Å². The molecule has 1 heterocycles. The third kappa shape index (κ3) is 4.42. The molecule has 0 radical (unpaired) electrons. The minimum atomic E-state index is -1.29. The first-order valence-electron chi connectivity index (χ1n) is 7.09. The first-order chi connectivity index (χ1) is 10.1. The molecule has 1 aliphatic rings. The van der Waals surface area contributed by atoms with Gasteiger partial charge in [-0.15, -0.1) is 11.8 Å². The Balaban J connectivity index is 1.77. The molecule has 6 heteroatoms. The Morgan fingerprint density at radius 2 is 1.71 bits per heavy atom. The van der Waals surface area contributed by atoms with Gasteiger partial charge in [-0.2, -0.15) is 0 Å². The summed E-state index contributed by atoms with van der Waals surface area (Å²) in [6.45, 7) is -0.383. The van der Waals surface area contributed by atoms with Crippen LogP contribution in [-0.4, -0.2) is 62.6 Å². The van der Waals surface area contributed by atoms with Crippen LogP contribution in [0.25, 0.3) is 0 Å². The lowest BCUT2D eigenvalue weighted by Gasteiger charge is -2.39. The molecule has 0 unspecified atom stereocenters. The van der Waals surface area contributed by atoms with Crippen molar-refractivity contribution in [2.75, 3.05) is 12.4 Å². The number of aryl methyl sites for hydroxylation is 1. The van der Waals surface area contributed by atoms with E-state index in [0.717, 1.165) is 18.6 Å². The molecule has 21 heavy (non-hydrogen) atoms. The van der Waals surface area contributed by atoms with Gasteiger partial charge in [0.1, 0.15) is 29.9 Å². The van der Waals surface area contributed by atoms with Crippen LogP contribution in [0.5, 0.6) is 0 Å². The molecule has 1 aliphatic heterocycles. The Hall–Kier alpha value is -0.630. The first kappa shape index (κ1) is 16.7. The minimum absolute atomic E-state index is 0.383. The molecule has 2 rings (SSSR count). The molecule has 118 valence electrons. The van der Waals surface area contributed by atoms with Crippen LogP contribution in [0.15, 0.2) is 30.3 Å². The highest BCUT2D eigenvalue weighted by atomic mass is 32.2. The quantitative estimate of drug-likeness (QED) is 0.559. The Labute approximate surface area is 128 Å². The maximum absolute atomic E-state index is 9.90. The zero-order valence-electron chi connectivity index (χ0n) is 11.7. The topological polar surface area (TPSA) is 90.2 Å². The second kappa shape index (κ2) is 8.12. The number of hydrogen-bond donors (Lipinski definition) is 4. The highest BCUT2D eigenvalue weighted by Gasteiger charge is 2.43. The number of rotatable bonds is 6. The van der Waals surface area contributed by atoms with E-state index in [1.54, 1.807) is 0 Å². The van der Waals surface area contributed by atoms with E-state index in [1.807, 2.05) is 18.2 Å². The van der Waals surface area contributed by atoms with Crippen molar-refractivity contribution in [2.24, 2.45) is 0 Å². The zero-order chi connectivity index (χ0) is 15.2. The fourth-order valence-corrected chi connectivity index (χ4v) is 3.45. The lowest BCUT2D eigenvalue weighted by atomic mass is 10.0. The van der Waals surface area contributed by atoms with Gasteiger partial charge >= 0.3 is 0 Å². The van der Waals surface area contributed by atoms with Crippen molar-refractivity contribution in [1.82, 2.24) is 0 Å². The van der Waals surface area contributed by atoms with Crippen molar-refractivity contribution < 1.29 is 25.2 Å². The molecule has 0 bridgehead atoms. The molecule has 1 saturated heterocycles. The number of benzene rings is 1. The van der Waals surface area contributed by atoms with Crippen LogP contribution in [0.2, 0.25) is 0 Å². The van der Waals surface area contributed by atoms with Crippen LogP contribution >= 0.6 is 11.8 Å². The van der Waals surface area contributed by atoms with Crippen molar-refractivity contribution in [1.29, 1.82) is 0 Å². The molecular formula is C15H22O5S. The molecule has 5 atom stereocenters. The molecule has 1 aromatic rings. The highest BCUT2D eigenvalue weighted by molar-refractivity contribution is 7.99. The van der Waals surface area contributed by atoms with Gasteiger partial charge in [0.2, 0.25) is 0 Å². The predicted molar refractivity (Wildman–Crippen MR) is 81.0 cm³/mol. The Bertz CT molecular complexity index is 414. The monoisotopic (exact) mass is 314 g/mol. The zero-order valence-corrected chi connectivity index (χ0v) is 12.5. The molecule has 0 amide bonds. The van der Waals surface area contributed by atoms with Crippen molar-refractivity contribution in [3.63, 3.8) is 0 Å². The standard InChI is InChI=1S/C15H22O5S/c16-9-11-12(17)13(18)14(19)15(20-11)21-8-4-7-10-5-2-1-3-6-10/h1-3,5-6,11-19H,4,7-9H2/t11-,12-,13+,14-,15+/m1/s1. The summed E-state index contributed by atoms with van der Waals surface area (Å²) in [7, 11) is 0. The van der Waals surface area contributed by atoms with E-state index in [4.69, 9.17) is 9.84 Å². The Morgan fingerprint density at radius 3 is 2.38 bits per heavy atom. The van der Waals surface area contributed by atoms with Gasteiger partial charge in [0.05, 0.1) is 6.61 Å². The van der Waals surface area contributed by atoms with Crippen LogP contribution in [0.4, 0.5) is 0 Å². The summed E-state index contributed by atoms with van der Waals surface area (Å²) in [5.41, 5.74) is 0.628. The van der Waals surface area contributed by atoms with Crippen LogP contribution in [-0.2, 0) is 11.2 Å². The summed E-state index contributed by atoms with van der Waals surface area (Å²) < 4.78 is 5.44. The number of hydrogen-bond acceptors (Lipinski definition) is 6. The SMILES string of the molecule is OC[C@H]1O[C@@H](SCCCc2ccccc2)[C@H](O)[C@@H](O)[C@@H]1O. The summed E-state index contributed by atoms with van der Waals surface area (Å²) in [6.07, 6.45) is -2.69. The predicted octanol–water partition coefficient (Wildman–Crippen LogP) is 0.152. The number of ether oxygens (including phenoxy) is 1. The van der Waals surface area contributed by atoms with E-state index in [2.05, 4.69) is 12.1 Å². The maximum Gasteiger partial charge on any atom is 0.132 e. The number of aliphatic hydroxyl groups is 4. The maximum atomic E-state index is 9.90. The van der Waals surface area contributed by atoms with E-state index in [-0.39, 0.29) is 6.61 Å². The number of thioether (sulfide) groups is 1. The summed E-state index contributed by atoms with van der Waals surface area (Å²) >= 11 is 1.40. The molecule has 0 aromatic heterocycles. The van der Waals surface area contributed by atoms with E-state index < -0.39 is 29.9 Å². The normalized spacial score (nSPS) is 33.0.